The largest absolute Gasteiger partial charge is 0.368 e. The SMILES string of the molecule is CC.CC.CC.OC(O)Cc1ccccc1. The number of benzene rings is 1. The number of aliphatic hydroxyl groups excluding tert-OH is 1. The van der Waals surface area contributed by atoms with Crippen LogP contribution in [0.25, 0.3) is 0 Å². The van der Waals surface area contributed by atoms with Gasteiger partial charge in [-0.1, -0.05) is 71.9 Å². The number of rotatable bonds is 2. The maximum absolute atomic E-state index is 8.56. The lowest BCUT2D eigenvalue weighted by Gasteiger charge is -2.01. The molecule has 1 aromatic rings. The fraction of sp³-hybridized carbons (Fsp3) is 0.571. The first-order chi connectivity index (χ1) is 7.79. The Morgan fingerprint density at radius 2 is 1.19 bits per heavy atom. The Labute approximate surface area is 101 Å². The maximum atomic E-state index is 8.56. The van der Waals surface area contributed by atoms with Gasteiger partial charge in [0, 0.05) is 6.42 Å². The average Bonchev–Trinajstić information content (AvgIpc) is 2.37. The van der Waals surface area contributed by atoms with Crippen LogP contribution in [-0.4, -0.2) is 16.5 Å². The molecule has 0 saturated carbocycles. The summed E-state index contributed by atoms with van der Waals surface area (Å²) in [6.45, 7) is 12.0. The summed E-state index contributed by atoms with van der Waals surface area (Å²) in [4.78, 5) is 0. The predicted molar refractivity (Wildman–Crippen MR) is 72.4 cm³/mol. The zero-order valence-corrected chi connectivity index (χ0v) is 11.6. The van der Waals surface area contributed by atoms with Crippen molar-refractivity contribution in [3.63, 3.8) is 0 Å². The third-order valence-corrected chi connectivity index (χ3v) is 1.26. The molecule has 0 aromatic heterocycles. The minimum absolute atomic E-state index is 0.306. The number of aliphatic hydroxyl groups is 2. The van der Waals surface area contributed by atoms with Crippen LogP contribution in [0.3, 0.4) is 0 Å². The van der Waals surface area contributed by atoms with E-state index in [4.69, 9.17) is 10.2 Å². The van der Waals surface area contributed by atoms with Gasteiger partial charge in [0.05, 0.1) is 0 Å². The molecule has 2 nitrogen and oxygen atoms in total. The van der Waals surface area contributed by atoms with Gasteiger partial charge in [-0.05, 0) is 5.56 Å². The van der Waals surface area contributed by atoms with Crippen molar-refractivity contribution < 1.29 is 10.2 Å². The molecule has 0 aliphatic rings. The summed E-state index contributed by atoms with van der Waals surface area (Å²) in [5, 5.41) is 17.1. The molecule has 1 aromatic carbocycles. The molecule has 0 aliphatic heterocycles. The normalized spacial score (nSPS) is 7.56. The van der Waals surface area contributed by atoms with Gasteiger partial charge in [0.2, 0.25) is 0 Å². The summed E-state index contributed by atoms with van der Waals surface area (Å²) >= 11 is 0. The van der Waals surface area contributed by atoms with Crippen LogP contribution in [0.1, 0.15) is 47.1 Å². The first kappa shape index (κ1) is 20.5. The van der Waals surface area contributed by atoms with Crippen LogP contribution in [0.5, 0.6) is 0 Å². The highest BCUT2D eigenvalue weighted by molar-refractivity contribution is 5.14. The lowest BCUT2D eigenvalue weighted by Crippen LogP contribution is -2.07. The summed E-state index contributed by atoms with van der Waals surface area (Å²) in [6, 6.07) is 9.36. The predicted octanol–water partition coefficient (Wildman–Crippen LogP) is 3.62. The molecule has 0 spiro atoms. The van der Waals surface area contributed by atoms with E-state index in [1.165, 1.54) is 0 Å². The van der Waals surface area contributed by atoms with Crippen LogP contribution in [0, 0.1) is 0 Å². The molecule has 2 heteroatoms. The second-order valence-corrected chi connectivity index (χ2v) is 2.17. The molecule has 0 amide bonds. The van der Waals surface area contributed by atoms with Gasteiger partial charge in [0.25, 0.3) is 0 Å². The molecule has 0 bridgehead atoms. The fourth-order valence-electron chi connectivity index (χ4n) is 0.825. The van der Waals surface area contributed by atoms with E-state index in [2.05, 4.69) is 0 Å². The molecule has 96 valence electrons. The highest BCUT2D eigenvalue weighted by Gasteiger charge is 1.97. The van der Waals surface area contributed by atoms with E-state index in [1.807, 2.05) is 71.9 Å². The molecule has 2 N–H and O–H groups in total. The van der Waals surface area contributed by atoms with E-state index in [-0.39, 0.29) is 0 Å². The quantitative estimate of drug-likeness (QED) is 0.759. The van der Waals surface area contributed by atoms with Crippen LogP contribution >= 0.6 is 0 Å². The Hall–Kier alpha value is -0.860. The van der Waals surface area contributed by atoms with E-state index < -0.39 is 6.29 Å². The van der Waals surface area contributed by atoms with Crippen molar-refractivity contribution in [2.24, 2.45) is 0 Å². The van der Waals surface area contributed by atoms with Gasteiger partial charge >= 0.3 is 0 Å². The van der Waals surface area contributed by atoms with Gasteiger partial charge in [0.15, 0.2) is 6.29 Å². The van der Waals surface area contributed by atoms with E-state index in [9.17, 15) is 0 Å². The van der Waals surface area contributed by atoms with Gasteiger partial charge in [-0.2, -0.15) is 0 Å². The number of hydrogen-bond donors (Lipinski definition) is 2. The molecule has 16 heavy (non-hydrogen) atoms. The Morgan fingerprint density at radius 1 is 0.812 bits per heavy atom. The van der Waals surface area contributed by atoms with Crippen molar-refractivity contribution in [1.29, 1.82) is 0 Å². The fourth-order valence-corrected chi connectivity index (χ4v) is 0.825. The Balaban J connectivity index is -0.000000245. The van der Waals surface area contributed by atoms with Crippen LogP contribution in [-0.2, 0) is 6.42 Å². The van der Waals surface area contributed by atoms with Gasteiger partial charge in [-0.3, -0.25) is 0 Å². The lowest BCUT2D eigenvalue weighted by atomic mass is 10.1. The first-order valence-corrected chi connectivity index (χ1v) is 6.19. The molecular weight excluding hydrogens is 200 g/mol. The van der Waals surface area contributed by atoms with Crippen LogP contribution in [0.15, 0.2) is 30.3 Å². The zero-order chi connectivity index (χ0) is 13.4. The third-order valence-electron chi connectivity index (χ3n) is 1.26. The van der Waals surface area contributed by atoms with Gasteiger partial charge in [-0.25, -0.2) is 0 Å². The van der Waals surface area contributed by atoms with Crippen molar-refractivity contribution in [3.8, 4) is 0 Å². The van der Waals surface area contributed by atoms with Gasteiger partial charge in [-0.15, -0.1) is 0 Å². The van der Waals surface area contributed by atoms with E-state index in [1.54, 1.807) is 0 Å². The Bertz CT molecular complexity index is 183. The highest BCUT2D eigenvalue weighted by Crippen LogP contribution is 2.00. The van der Waals surface area contributed by atoms with Gasteiger partial charge < -0.3 is 10.2 Å². The molecule has 0 fully saturated rings. The van der Waals surface area contributed by atoms with Crippen LogP contribution < -0.4 is 0 Å². The standard InChI is InChI=1S/C8H10O2.3C2H6/c9-8(10)6-7-4-2-1-3-5-7;3*1-2/h1-5,8-10H,6H2;3*1-2H3. The molecule has 0 atom stereocenters. The molecule has 0 aliphatic carbocycles. The summed E-state index contributed by atoms with van der Waals surface area (Å²) in [7, 11) is 0. The highest BCUT2D eigenvalue weighted by atomic mass is 16.5. The molecule has 0 unspecified atom stereocenters. The Morgan fingerprint density at radius 3 is 1.50 bits per heavy atom. The topological polar surface area (TPSA) is 40.5 Å². The second-order valence-electron chi connectivity index (χ2n) is 2.17. The minimum atomic E-state index is -1.23. The monoisotopic (exact) mass is 228 g/mol. The molecular formula is C14H28O2. The van der Waals surface area contributed by atoms with Crippen LogP contribution in [0.2, 0.25) is 0 Å². The van der Waals surface area contributed by atoms with E-state index >= 15 is 0 Å². The zero-order valence-electron chi connectivity index (χ0n) is 11.6. The van der Waals surface area contributed by atoms with Gasteiger partial charge in [0.1, 0.15) is 0 Å². The molecule has 0 heterocycles. The van der Waals surface area contributed by atoms with Crippen molar-refractivity contribution in [3.05, 3.63) is 35.9 Å². The molecule has 1 rings (SSSR count). The Kier molecular flexibility index (Phi) is 25.3. The third kappa shape index (κ3) is 15.6. The maximum Gasteiger partial charge on any atom is 0.155 e. The lowest BCUT2D eigenvalue weighted by molar-refractivity contribution is -0.0381. The summed E-state index contributed by atoms with van der Waals surface area (Å²) in [5.41, 5.74) is 0.942. The smallest absolute Gasteiger partial charge is 0.155 e. The summed E-state index contributed by atoms with van der Waals surface area (Å²) < 4.78 is 0. The van der Waals surface area contributed by atoms with Crippen molar-refractivity contribution in [1.82, 2.24) is 0 Å². The first-order valence-electron chi connectivity index (χ1n) is 6.19. The van der Waals surface area contributed by atoms with Crippen molar-refractivity contribution >= 4 is 0 Å². The van der Waals surface area contributed by atoms with E-state index in [0.29, 0.717) is 6.42 Å². The average molecular weight is 228 g/mol. The van der Waals surface area contributed by atoms with E-state index in [0.717, 1.165) is 5.56 Å². The van der Waals surface area contributed by atoms with Crippen LogP contribution in [0.4, 0.5) is 0 Å². The summed E-state index contributed by atoms with van der Waals surface area (Å²) in [6.07, 6.45) is -0.928. The minimum Gasteiger partial charge on any atom is -0.368 e. The second kappa shape index (κ2) is 19.7. The number of hydrogen-bond acceptors (Lipinski definition) is 2. The molecule has 0 radical (unpaired) electrons. The van der Waals surface area contributed by atoms with Crippen molar-refractivity contribution in [2.75, 3.05) is 0 Å². The summed E-state index contributed by atoms with van der Waals surface area (Å²) in [5.74, 6) is 0. The van der Waals surface area contributed by atoms with Crippen molar-refractivity contribution in [2.45, 2.75) is 54.3 Å². The molecule has 0 saturated heterocycles.